The number of thiazole rings is 1. The molecule has 1 heterocycles. The molecule has 1 amide bonds. The number of hydrogen-bond acceptors (Lipinski definition) is 5. The molecule has 144 valence electrons. The number of amides is 1. The number of hydrogen-bond donors (Lipinski definition) is 2. The smallest absolute Gasteiger partial charge is 0.335 e. The second-order valence-corrected chi connectivity index (χ2v) is 8.50. The molecule has 0 bridgehead atoms. The highest BCUT2D eigenvalue weighted by Crippen LogP contribution is 2.30. The molecule has 1 aromatic heterocycles. The van der Waals surface area contributed by atoms with Gasteiger partial charge in [0.1, 0.15) is 0 Å². The maximum Gasteiger partial charge on any atom is 0.335 e. The third-order valence-electron chi connectivity index (χ3n) is 4.22. The molecule has 2 N–H and O–H groups in total. The van der Waals surface area contributed by atoms with Crippen LogP contribution in [0, 0.1) is 0 Å². The minimum Gasteiger partial charge on any atom is -0.478 e. The minimum absolute atomic E-state index is 0.118. The van der Waals surface area contributed by atoms with Gasteiger partial charge in [-0.25, -0.2) is 9.78 Å². The van der Waals surface area contributed by atoms with E-state index in [-0.39, 0.29) is 17.2 Å². The van der Waals surface area contributed by atoms with Gasteiger partial charge >= 0.3 is 5.97 Å². The standard InChI is InChI=1S/C22H16N2O3S2/c25-20(23-17-9-6-15(7-10-17)14-4-2-1-3-5-14)13-28-22-24-18-12-16(21(26)27)8-11-19(18)29-22/h1-12H,13H2,(H,23,25)(H,26,27). The number of thioether (sulfide) groups is 1. The predicted octanol–water partition coefficient (Wildman–Crippen LogP) is 5.39. The van der Waals surface area contributed by atoms with E-state index in [9.17, 15) is 9.59 Å². The van der Waals surface area contributed by atoms with Crippen molar-refractivity contribution in [1.29, 1.82) is 0 Å². The molecule has 0 atom stereocenters. The van der Waals surface area contributed by atoms with Crippen molar-refractivity contribution >= 4 is 50.9 Å². The summed E-state index contributed by atoms with van der Waals surface area (Å²) in [5.41, 5.74) is 3.80. The average Bonchev–Trinajstić information content (AvgIpc) is 3.15. The van der Waals surface area contributed by atoms with Gasteiger partial charge in [-0.05, 0) is 41.5 Å². The van der Waals surface area contributed by atoms with E-state index in [1.165, 1.54) is 23.1 Å². The molecule has 0 unspecified atom stereocenters. The Labute approximate surface area is 175 Å². The van der Waals surface area contributed by atoms with Gasteiger partial charge < -0.3 is 10.4 Å². The number of aromatic nitrogens is 1. The Hall–Kier alpha value is -3.16. The van der Waals surface area contributed by atoms with E-state index in [4.69, 9.17) is 5.11 Å². The summed E-state index contributed by atoms with van der Waals surface area (Å²) in [6, 6.07) is 22.6. The lowest BCUT2D eigenvalue weighted by molar-refractivity contribution is -0.113. The van der Waals surface area contributed by atoms with Gasteiger partial charge in [0.2, 0.25) is 5.91 Å². The molecule has 7 heteroatoms. The van der Waals surface area contributed by atoms with Crippen LogP contribution in [0.2, 0.25) is 0 Å². The molecule has 0 spiro atoms. The van der Waals surface area contributed by atoms with Crippen LogP contribution >= 0.6 is 23.1 Å². The molecule has 0 radical (unpaired) electrons. The maximum absolute atomic E-state index is 12.3. The minimum atomic E-state index is -0.980. The number of anilines is 1. The molecule has 0 aliphatic heterocycles. The van der Waals surface area contributed by atoms with Gasteiger partial charge in [-0.3, -0.25) is 4.79 Å². The van der Waals surface area contributed by atoms with Crippen molar-refractivity contribution < 1.29 is 14.7 Å². The zero-order chi connectivity index (χ0) is 20.2. The Morgan fingerprint density at radius 1 is 0.966 bits per heavy atom. The lowest BCUT2D eigenvalue weighted by Gasteiger charge is -2.06. The van der Waals surface area contributed by atoms with Gasteiger partial charge in [0.25, 0.3) is 0 Å². The van der Waals surface area contributed by atoms with Crippen LogP contribution < -0.4 is 5.32 Å². The molecule has 0 fully saturated rings. The molecular formula is C22H16N2O3S2. The van der Waals surface area contributed by atoms with Crippen molar-refractivity contribution in [3.05, 3.63) is 78.4 Å². The van der Waals surface area contributed by atoms with Crippen LogP contribution in [0.3, 0.4) is 0 Å². The van der Waals surface area contributed by atoms with Gasteiger partial charge in [-0.15, -0.1) is 11.3 Å². The van der Waals surface area contributed by atoms with Crippen molar-refractivity contribution in [2.24, 2.45) is 0 Å². The number of carboxylic acid groups (broad SMARTS) is 1. The topological polar surface area (TPSA) is 79.3 Å². The second kappa shape index (κ2) is 8.46. The van der Waals surface area contributed by atoms with Crippen LogP contribution in [0.15, 0.2) is 77.1 Å². The molecule has 4 rings (SSSR count). The first-order chi connectivity index (χ1) is 14.1. The summed E-state index contributed by atoms with van der Waals surface area (Å²) in [6.07, 6.45) is 0. The SMILES string of the molecule is O=C(CSc1nc2cc(C(=O)O)ccc2s1)Nc1ccc(-c2ccccc2)cc1. The Kier molecular flexibility index (Phi) is 5.59. The summed E-state index contributed by atoms with van der Waals surface area (Å²) < 4.78 is 1.63. The fourth-order valence-corrected chi connectivity index (χ4v) is 4.65. The average molecular weight is 421 g/mol. The van der Waals surface area contributed by atoms with Crippen LogP contribution in [0.5, 0.6) is 0 Å². The molecule has 0 saturated carbocycles. The van der Waals surface area contributed by atoms with Gasteiger partial charge in [-0.1, -0.05) is 54.2 Å². The van der Waals surface area contributed by atoms with Crippen LogP contribution in [-0.4, -0.2) is 27.7 Å². The van der Waals surface area contributed by atoms with Crippen LogP contribution in [-0.2, 0) is 4.79 Å². The van der Waals surface area contributed by atoms with E-state index in [1.54, 1.807) is 18.2 Å². The maximum atomic E-state index is 12.3. The molecule has 29 heavy (non-hydrogen) atoms. The summed E-state index contributed by atoms with van der Waals surface area (Å²) >= 11 is 2.78. The predicted molar refractivity (Wildman–Crippen MR) is 118 cm³/mol. The number of carbonyl (C=O) groups is 2. The molecular weight excluding hydrogens is 404 g/mol. The van der Waals surface area contributed by atoms with Crippen LogP contribution in [0.4, 0.5) is 5.69 Å². The normalized spacial score (nSPS) is 10.8. The van der Waals surface area contributed by atoms with Crippen molar-refractivity contribution in [2.75, 3.05) is 11.1 Å². The number of nitrogens with zero attached hydrogens (tertiary/aromatic N) is 1. The van der Waals surface area contributed by atoms with E-state index in [1.807, 2.05) is 54.6 Å². The van der Waals surface area contributed by atoms with E-state index < -0.39 is 5.97 Å². The highest BCUT2D eigenvalue weighted by molar-refractivity contribution is 8.01. The zero-order valence-corrected chi connectivity index (χ0v) is 16.8. The lowest BCUT2D eigenvalue weighted by atomic mass is 10.1. The van der Waals surface area contributed by atoms with Gasteiger partial charge in [0.05, 0.1) is 21.5 Å². The first-order valence-corrected chi connectivity index (χ1v) is 10.6. The Bertz CT molecular complexity index is 1170. The summed E-state index contributed by atoms with van der Waals surface area (Å²) in [6.45, 7) is 0. The first-order valence-electron chi connectivity index (χ1n) is 8.80. The largest absolute Gasteiger partial charge is 0.478 e. The molecule has 3 aromatic carbocycles. The highest BCUT2D eigenvalue weighted by atomic mass is 32.2. The summed E-state index contributed by atoms with van der Waals surface area (Å²) in [5, 5.41) is 12.0. The number of carboxylic acids is 1. The van der Waals surface area contributed by atoms with Crippen molar-refractivity contribution in [3.8, 4) is 11.1 Å². The summed E-state index contributed by atoms with van der Waals surface area (Å²) in [7, 11) is 0. The third kappa shape index (κ3) is 4.64. The fraction of sp³-hybridized carbons (Fsp3) is 0.0455. The fourth-order valence-electron chi connectivity index (χ4n) is 2.80. The number of fused-ring (bicyclic) bond motifs is 1. The third-order valence-corrected chi connectivity index (χ3v) is 6.40. The molecule has 5 nitrogen and oxygen atoms in total. The van der Waals surface area contributed by atoms with Gasteiger partial charge in [-0.2, -0.15) is 0 Å². The Morgan fingerprint density at radius 3 is 2.41 bits per heavy atom. The van der Waals surface area contributed by atoms with E-state index >= 15 is 0 Å². The first kappa shape index (κ1) is 19.2. The number of nitrogens with one attached hydrogen (secondary N) is 1. The van der Waals surface area contributed by atoms with E-state index in [0.717, 1.165) is 25.9 Å². The number of benzene rings is 3. The number of carbonyl (C=O) groups excluding carboxylic acids is 1. The Balaban J connectivity index is 1.36. The van der Waals surface area contributed by atoms with E-state index in [0.29, 0.717) is 5.52 Å². The van der Waals surface area contributed by atoms with Crippen LogP contribution in [0.25, 0.3) is 21.3 Å². The molecule has 4 aromatic rings. The molecule has 0 saturated heterocycles. The molecule has 0 aliphatic rings. The van der Waals surface area contributed by atoms with Gasteiger partial charge in [0, 0.05) is 5.69 Å². The van der Waals surface area contributed by atoms with Crippen molar-refractivity contribution in [2.45, 2.75) is 4.34 Å². The highest BCUT2D eigenvalue weighted by Gasteiger charge is 2.11. The Morgan fingerprint density at radius 2 is 1.69 bits per heavy atom. The summed E-state index contributed by atoms with van der Waals surface area (Å²) in [4.78, 5) is 27.7. The summed E-state index contributed by atoms with van der Waals surface area (Å²) in [5.74, 6) is -0.869. The molecule has 0 aliphatic carbocycles. The monoisotopic (exact) mass is 420 g/mol. The zero-order valence-electron chi connectivity index (χ0n) is 15.2. The lowest BCUT2D eigenvalue weighted by Crippen LogP contribution is -2.13. The second-order valence-electron chi connectivity index (χ2n) is 6.25. The number of aromatic carboxylic acids is 1. The van der Waals surface area contributed by atoms with Crippen LogP contribution in [0.1, 0.15) is 10.4 Å². The number of rotatable bonds is 6. The quantitative estimate of drug-likeness (QED) is 0.409. The van der Waals surface area contributed by atoms with Crippen molar-refractivity contribution in [3.63, 3.8) is 0 Å². The van der Waals surface area contributed by atoms with E-state index in [2.05, 4.69) is 10.3 Å². The van der Waals surface area contributed by atoms with Crippen molar-refractivity contribution in [1.82, 2.24) is 4.98 Å². The van der Waals surface area contributed by atoms with Gasteiger partial charge in [0.15, 0.2) is 4.34 Å².